The minimum absolute atomic E-state index is 0.00445. The van der Waals surface area contributed by atoms with Crippen molar-refractivity contribution in [3.8, 4) is 0 Å². The van der Waals surface area contributed by atoms with Crippen LogP contribution in [-0.4, -0.2) is 18.5 Å². The van der Waals surface area contributed by atoms with Crippen molar-refractivity contribution in [3.05, 3.63) is 83.1 Å². The number of rotatable bonds is 6. The van der Waals surface area contributed by atoms with Crippen LogP contribution in [0, 0.1) is 0 Å². The van der Waals surface area contributed by atoms with Gasteiger partial charge in [0.2, 0.25) is 0 Å². The van der Waals surface area contributed by atoms with Crippen LogP contribution in [0.15, 0.2) is 60.9 Å². The molecule has 150 valence electrons. The molecule has 2 aromatic carbocycles. The highest BCUT2D eigenvalue weighted by Gasteiger charge is 2.28. The molecular formula is C25H26O4. The van der Waals surface area contributed by atoms with Gasteiger partial charge in [-0.3, -0.25) is 4.79 Å². The van der Waals surface area contributed by atoms with E-state index in [1.54, 1.807) is 30.3 Å². The van der Waals surface area contributed by atoms with Crippen LogP contribution in [0.3, 0.4) is 0 Å². The zero-order valence-corrected chi connectivity index (χ0v) is 17.1. The average molecular weight is 390 g/mol. The van der Waals surface area contributed by atoms with Crippen molar-refractivity contribution in [1.82, 2.24) is 0 Å². The number of fused-ring (bicyclic) bond motifs is 1. The molecule has 1 aliphatic rings. The molecule has 0 aromatic heterocycles. The topological polar surface area (TPSA) is 52.6 Å². The van der Waals surface area contributed by atoms with Crippen LogP contribution in [0.25, 0.3) is 11.6 Å². The van der Waals surface area contributed by atoms with E-state index in [1.807, 2.05) is 25.1 Å². The SMILES string of the molecule is CCOC(=O)CC1=CCC(C)(C)c2ccc(/C=C/OC(=O)c3ccccc3)cc21. The largest absolute Gasteiger partial charge is 0.466 e. The molecule has 0 spiro atoms. The lowest BCUT2D eigenvalue weighted by molar-refractivity contribution is -0.141. The van der Waals surface area contributed by atoms with Gasteiger partial charge in [0.25, 0.3) is 0 Å². The first kappa shape index (κ1) is 20.6. The number of benzene rings is 2. The van der Waals surface area contributed by atoms with Crippen molar-refractivity contribution in [2.24, 2.45) is 0 Å². The van der Waals surface area contributed by atoms with Gasteiger partial charge in [0.1, 0.15) is 0 Å². The molecule has 0 heterocycles. The van der Waals surface area contributed by atoms with Gasteiger partial charge in [0, 0.05) is 0 Å². The molecule has 4 nitrogen and oxygen atoms in total. The number of allylic oxidation sites excluding steroid dienone is 1. The van der Waals surface area contributed by atoms with E-state index in [0.29, 0.717) is 12.2 Å². The molecule has 0 saturated heterocycles. The number of esters is 2. The van der Waals surface area contributed by atoms with E-state index < -0.39 is 5.97 Å². The Balaban J connectivity index is 1.79. The number of hydrogen-bond donors (Lipinski definition) is 0. The normalized spacial score (nSPS) is 14.8. The quantitative estimate of drug-likeness (QED) is 0.480. The fourth-order valence-corrected chi connectivity index (χ4v) is 3.47. The van der Waals surface area contributed by atoms with E-state index >= 15 is 0 Å². The molecule has 0 unspecified atom stereocenters. The van der Waals surface area contributed by atoms with E-state index in [1.165, 1.54) is 11.8 Å². The predicted octanol–water partition coefficient (Wildman–Crippen LogP) is 5.53. The summed E-state index contributed by atoms with van der Waals surface area (Å²) in [5.41, 5.74) is 4.63. The zero-order chi connectivity index (χ0) is 20.9. The molecule has 0 N–H and O–H groups in total. The Kier molecular flexibility index (Phi) is 6.32. The maximum absolute atomic E-state index is 12.1. The lowest BCUT2D eigenvalue weighted by Gasteiger charge is -2.32. The molecule has 4 heteroatoms. The number of hydrogen-bond acceptors (Lipinski definition) is 4. The van der Waals surface area contributed by atoms with Crippen LogP contribution < -0.4 is 0 Å². The van der Waals surface area contributed by atoms with Gasteiger partial charge in [-0.1, -0.05) is 50.3 Å². The summed E-state index contributed by atoms with van der Waals surface area (Å²) < 4.78 is 10.4. The van der Waals surface area contributed by atoms with Crippen molar-refractivity contribution < 1.29 is 19.1 Å². The van der Waals surface area contributed by atoms with Gasteiger partial charge in [-0.2, -0.15) is 0 Å². The van der Waals surface area contributed by atoms with Crippen molar-refractivity contribution in [3.63, 3.8) is 0 Å². The van der Waals surface area contributed by atoms with Gasteiger partial charge >= 0.3 is 11.9 Å². The van der Waals surface area contributed by atoms with Crippen LogP contribution in [0.2, 0.25) is 0 Å². The zero-order valence-electron chi connectivity index (χ0n) is 17.1. The number of ether oxygens (including phenoxy) is 2. The Bertz CT molecular complexity index is 952. The summed E-state index contributed by atoms with van der Waals surface area (Å²) in [7, 11) is 0. The maximum atomic E-state index is 12.1. The minimum Gasteiger partial charge on any atom is -0.466 e. The lowest BCUT2D eigenvalue weighted by atomic mass is 9.72. The van der Waals surface area contributed by atoms with Gasteiger partial charge in [-0.05, 0) is 65.3 Å². The molecule has 3 rings (SSSR count). The van der Waals surface area contributed by atoms with Crippen LogP contribution in [0.1, 0.15) is 60.7 Å². The van der Waals surface area contributed by atoms with Gasteiger partial charge in [0.05, 0.1) is 24.9 Å². The van der Waals surface area contributed by atoms with E-state index in [0.717, 1.165) is 23.1 Å². The second-order valence-electron chi connectivity index (χ2n) is 7.68. The first-order chi connectivity index (χ1) is 13.9. The molecule has 0 saturated carbocycles. The summed E-state index contributed by atoms with van der Waals surface area (Å²) >= 11 is 0. The first-order valence-electron chi connectivity index (χ1n) is 9.83. The number of carbonyl (C=O) groups excluding carboxylic acids is 2. The Hall–Kier alpha value is -3.14. The van der Waals surface area contributed by atoms with E-state index in [9.17, 15) is 9.59 Å². The molecule has 1 aliphatic carbocycles. The molecule has 0 radical (unpaired) electrons. The molecule has 0 aliphatic heterocycles. The van der Waals surface area contributed by atoms with Crippen LogP contribution >= 0.6 is 0 Å². The summed E-state index contributed by atoms with van der Waals surface area (Å²) in [5, 5.41) is 0. The highest BCUT2D eigenvalue weighted by Crippen LogP contribution is 2.40. The highest BCUT2D eigenvalue weighted by atomic mass is 16.5. The van der Waals surface area contributed by atoms with E-state index in [2.05, 4.69) is 26.0 Å². The predicted molar refractivity (Wildman–Crippen MR) is 114 cm³/mol. The van der Waals surface area contributed by atoms with Crippen molar-refractivity contribution in [1.29, 1.82) is 0 Å². The van der Waals surface area contributed by atoms with Gasteiger partial charge in [0.15, 0.2) is 0 Å². The fraction of sp³-hybridized carbons (Fsp3) is 0.280. The Morgan fingerprint density at radius 3 is 2.59 bits per heavy atom. The van der Waals surface area contributed by atoms with Crippen molar-refractivity contribution in [2.75, 3.05) is 6.61 Å². The molecule has 2 aromatic rings. The van der Waals surface area contributed by atoms with Gasteiger partial charge in [-0.25, -0.2) is 4.79 Å². The second-order valence-corrected chi connectivity index (χ2v) is 7.68. The fourth-order valence-electron chi connectivity index (χ4n) is 3.47. The second kappa shape index (κ2) is 8.91. The molecular weight excluding hydrogens is 364 g/mol. The minimum atomic E-state index is -0.399. The highest BCUT2D eigenvalue weighted by molar-refractivity contribution is 5.90. The monoisotopic (exact) mass is 390 g/mol. The van der Waals surface area contributed by atoms with E-state index in [4.69, 9.17) is 9.47 Å². The molecule has 0 atom stereocenters. The molecule has 0 fully saturated rings. The van der Waals surface area contributed by atoms with Crippen LogP contribution in [0.4, 0.5) is 0 Å². The molecule has 29 heavy (non-hydrogen) atoms. The van der Waals surface area contributed by atoms with E-state index in [-0.39, 0.29) is 17.8 Å². The lowest BCUT2D eigenvalue weighted by Crippen LogP contribution is -2.22. The smallest absolute Gasteiger partial charge is 0.342 e. The third kappa shape index (κ3) is 5.02. The van der Waals surface area contributed by atoms with Crippen LogP contribution in [0.5, 0.6) is 0 Å². The summed E-state index contributed by atoms with van der Waals surface area (Å²) in [4.78, 5) is 24.1. The van der Waals surface area contributed by atoms with Gasteiger partial charge in [-0.15, -0.1) is 0 Å². The summed E-state index contributed by atoms with van der Waals surface area (Å²) in [5.74, 6) is -0.619. The third-order valence-corrected chi connectivity index (χ3v) is 5.06. The molecule has 0 amide bonds. The summed E-state index contributed by atoms with van der Waals surface area (Å²) in [6.07, 6.45) is 6.42. The Labute approximate surface area is 171 Å². The van der Waals surface area contributed by atoms with Gasteiger partial charge < -0.3 is 9.47 Å². The van der Waals surface area contributed by atoms with Crippen LogP contribution in [-0.2, 0) is 19.7 Å². The first-order valence-corrected chi connectivity index (χ1v) is 9.83. The van der Waals surface area contributed by atoms with Crippen molar-refractivity contribution in [2.45, 2.75) is 39.0 Å². The number of carbonyl (C=O) groups is 2. The third-order valence-electron chi connectivity index (χ3n) is 5.06. The summed E-state index contributed by atoms with van der Waals surface area (Å²) in [6, 6.07) is 15.0. The molecule has 0 bridgehead atoms. The Morgan fingerprint density at radius 1 is 1.10 bits per heavy atom. The maximum Gasteiger partial charge on any atom is 0.342 e. The van der Waals surface area contributed by atoms with Crippen molar-refractivity contribution >= 4 is 23.6 Å². The average Bonchev–Trinajstić information content (AvgIpc) is 2.71. The Morgan fingerprint density at radius 2 is 1.86 bits per heavy atom. The summed E-state index contributed by atoms with van der Waals surface area (Å²) in [6.45, 7) is 6.57. The standard InChI is InChI=1S/C25H26O4/c1-4-28-23(26)17-20-12-14-25(2,3)22-11-10-18(16-21(20)22)13-15-29-24(27)19-8-6-5-7-9-19/h5-13,15-16H,4,14,17H2,1-3H3/b15-13+.